The van der Waals surface area contributed by atoms with Crippen molar-refractivity contribution in [1.29, 1.82) is 0 Å². The average molecular weight is 232 g/mol. The molecule has 3 N–H and O–H groups in total. The Morgan fingerprint density at radius 1 is 1.47 bits per heavy atom. The fourth-order valence-electron chi connectivity index (χ4n) is 1.26. The molecule has 6 heteroatoms. The van der Waals surface area contributed by atoms with Gasteiger partial charge in [0.1, 0.15) is 5.82 Å². The summed E-state index contributed by atoms with van der Waals surface area (Å²) in [4.78, 5) is -0.0909. The highest BCUT2D eigenvalue weighted by atomic mass is 32.2. The first-order valence-electron chi connectivity index (χ1n) is 4.50. The summed E-state index contributed by atoms with van der Waals surface area (Å²) in [7, 11) is -3.65. The van der Waals surface area contributed by atoms with Gasteiger partial charge in [0, 0.05) is 18.7 Å². The molecular formula is C9H13FN2O2S. The molecule has 0 aliphatic carbocycles. The molecule has 15 heavy (non-hydrogen) atoms. The number of hydrogen-bond donors (Lipinski definition) is 2. The van der Waals surface area contributed by atoms with E-state index in [2.05, 4.69) is 4.72 Å². The topological polar surface area (TPSA) is 72.2 Å². The second-order valence-electron chi connectivity index (χ2n) is 2.92. The van der Waals surface area contributed by atoms with Crippen LogP contribution in [0, 0.1) is 5.82 Å². The van der Waals surface area contributed by atoms with E-state index in [1.165, 1.54) is 18.2 Å². The molecule has 0 unspecified atom stereocenters. The van der Waals surface area contributed by atoms with Gasteiger partial charge in [0.2, 0.25) is 10.0 Å². The van der Waals surface area contributed by atoms with Gasteiger partial charge in [0.25, 0.3) is 0 Å². The fraction of sp³-hybridized carbons (Fsp3) is 0.333. The summed E-state index contributed by atoms with van der Waals surface area (Å²) in [5.74, 6) is -0.600. The van der Waals surface area contributed by atoms with Crippen molar-refractivity contribution in [2.45, 2.75) is 18.4 Å². The minimum absolute atomic E-state index is 0.0125. The van der Waals surface area contributed by atoms with Crippen molar-refractivity contribution in [2.75, 3.05) is 6.54 Å². The lowest BCUT2D eigenvalue weighted by atomic mass is 10.2. The van der Waals surface area contributed by atoms with Crippen molar-refractivity contribution in [3.8, 4) is 0 Å². The molecule has 1 rings (SSSR count). The summed E-state index contributed by atoms with van der Waals surface area (Å²) < 4.78 is 38.8. The molecule has 84 valence electrons. The Morgan fingerprint density at radius 2 is 2.13 bits per heavy atom. The van der Waals surface area contributed by atoms with Crippen LogP contribution in [0.4, 0.5) is 4.39 Å². The molecule has 0 heterocycles. The molecule has 0 fully saturated rings. The quantitative estimate of drug-likeness (QED) is 0.797. The van der Waals surface area contributed by atoms with Gasteiger partial charge in [-0.05, 0) is 12.1 Å². The number of halogens is 1. The molecule has 0 bridgehead atoms. The predicted octanol–water partition coefficient (Wildman–Crippen LogP) is 0.583. The van der Waals surface area contributed by atoms with Gasteiger partial charge in [0.05, 0.1) is 4.90 Å². The lowest BCUT2D eigenvalue weighted by Gasteiger charge is -2.09. The summed E-state index contributed by atoms with van der Waals surface area (Å²) >= 11 is 0. The minimum Gasteiger partial charge on any atom is -0.326 e. The number of hydrogen-bond acceptors (Lipinski definition) is 3. The van der Waals surface area contributed by atoms with E-state index in [-0.39, 0.29) is 23.5 Å². The van der Waals surface area contributed by atoms with Crippen LogP contribution in [0.1, 0.15) is 12.5 Å². The first-order valence-corrected chi connectivity index (χ1v) is 5.98. The van der Waals surface area contributed by atoms with Crippen LogP contribution in [0.25, 0.3) is 0 Å². The SMILES string of the molecule is CCNS(=O)(=O)c1cccc(F)c1CN. The largest absolute Gasteiger partial charge is 0.326 e. The molecular weight excluding hydrogens is 219 g/mol. The second kappa shape index (κ2) is 4.69. The Labute approximate surface area is 88.3 Å². The van der Waals surface area contributed by atoms with Gasteiger partial charge in [-0.3, -0.25) is 0 Å². The summed E-state index contributed by atoms with van der Waals surface area (Å²) in [6.07, 6.45) is 0. The van der Waals surface area contributed by atoms with Crippen LogP contribution in [0.3, 0.4) is 0 Å². The van der Waals surface area contributed by atoms with Crippen LogP contribution in [-0.4, -0.2) is 15.0 Å². The molecule has 0 aromatic heterocycles. The van der Waals surface area contributed by atoms with E-state index < -0.39 is 15.8 Å². The van der Waals surface area contributed by atoms with Crippen molar-refractivity contribution in [2.24, 2.45) is 5.73 Å². The van der Waals surface area contributed by atoms with E-state index in [0.29, 0.717) is 0 Å². The molecule has 0 aliphatic heterocycles. The van der Waals surface area contributed by atoms with Crippen molar-refractivity contribution >= 4 is 10.0 Å². The van der Waals surface area contributed by atoms with Gasteiger partial charge < -0.3 is 5.73 Å². The Morgan fingerprint density at radius 3 is 2.67 bits per heavy atom. The van der Waals surface area contributed by atoms with Crippen molar-refractivity contribution in [3.05, 3.63) is 29.6 Å². The third-order valence-corrected chi connectivity index (χ3v) is 3.53. The summed E-state index contributed by atoms with van der Waals surface area (Å²) in [5, 5.41) is 0. The maximum absolute atomic E-state index is 13.2. The number of nitrogens with two attached hydrogens (primary N) is 1. The van der Waals surface area contributed by atoms with Crippen LogP contribution in [0.15, 0.2) is 23.1 Å². The number of rotatable bonds is 4. The maximum Gasteiger partial charge on any atom is 0.240 e. The van der Waals surface area contributed by atoms with Gasteiger partial charge in [-0.2, -0.15) is 0 Å². The molecule has 1 aromatic rings. The molecule has 0 saturated heterocycles. The predicted molar refractivity (Wildman–Crippen MR) is 55.2 cm³/mol. The Bertz CT molecular complexity index is 445. The van der Waals surface area contributed by atoms with E-state index in [0.717, 1.165) is 0 Å². The first kappa shape index (κ1) is 12.1. The third-order valence-electron chi connectivity index (χ3n) is 1.90. The van der Waals surface area contributed by atoms with Gasteiger partial charge >= 0.3 is 0 Å². The molecule has 0 saturated carbocycles. The number of benzene rings is 1. The van der Waals surface area contributed by atoms with Crippen LogP contribution in [0.2, 0.25) is 0 Å². The maximum atomic E-state index is 13.2. The highest BCUT2D eigenvalue weighted by molar-refractivity contribution is 7.89. The fourth-order valence-corrected chi connectivity index (χ4v) is 2.55. The van der Waals surface area contributed by atoms with Crippen molar-refractivity contribution in [3.63, 3.8) is 0 Å². The van der Waals surface area contributed by atoms with Crippen LogP contribution in [-0.2, 0) is 16.6 Å². The van der Waals surface area contributed by atoms with Crippen molar-refractivity contribution < 1.29 is 12.8 Å². The van der Waals surface area contributed by atoms with Crippen molar-refractivity contribution in [1.82, 2.24) is 4.72 Å². The molecule has 0 spiro atoms. The highest BCUT2D eigenvalue weighted by Crippen LogP contribution is 2.17. The van der Waals surface area contributed by atoms with E-state index in [9.17, 15) is 12.8 Å². The Kier molecular flexibility index (Phi) is 3.78. The molecule has 0 aliphatic rings. The molecule has 1 aromatic carbocycles. The Hall–Kier alpha value is -0.980. The first-order chi connectivity index (χ1) is 7.03. The monoisotopic (exact) mass is 232 g/mol. The standard InChI is InChI=1S/C9H13FN2O2S/c1-2-12-15(13,14)9-5-3-4-8(10)7(9)6-11/h3-5,12H,2,6,11H2,1H3. The van der Waals surface area contributed by atoms with E-state index in [1.54, 1.807) is 6.92 Å². The van der Waals surface area contributed by atoms with Gasteiger partial charge in [-0.15, -0.1) is 0 Å². The van der Waals surface area contributed by atoms with Crippen LogP contribution in [0.5, 0.6) is 0 Å². The second-order valence-corrected chi connectivity index (χ2v) is 4.66. The summed E-state index contributed by atoms with van der Waals surface area (Å²) in [5.41, 5.74) is 5.32. The normalized spacial score (nSPS) is 11.7. The molecule has 4 nitrogen and oxygen atoms in total. The summed E-state index contributed by atoms with van der Waals surface area (Å²) in [6, 6.07) is 3.87. The zero-order chi connectivity index (χ0) is 11.5. The number of sulfonamides is 1. The Balaban J connectivity index is 3.31. The molecule has 0 atom stereocenters. The van der Waals surface area contributed by atoms with E-state index in [4.69, 9.17) is 5.73 Å². The number of nitrogens with one attached hydrogen (secondary N) is 1. The zero-order valence-electron chi connectivity index (χ0n) is 8.33. The molecule has 0 radical (unpaired) electrons. The lowest BCUT2D eigenvalue weighted by molar-refractivity contribution is 0.573. The molecule has 0 amide bonds. The van der Waals surface area contributed by atoms with E-state index in [1.807, 2.05) is 0 Å². The van der Waals surface area contributed by atoms with Crippen LogP contribution < -0.4 is 10.5 Å². The lowest BCUT2D eigenvalue weighted by Crippen LogP contribution is -2.25. The average Bonchev–Trinajstić information content (AvgIpc) is 2.17. The third kappa shape index (κ3) is 2.53. The van der Waals surface area contributed by atoms with Gasteiger partial charge in [-0.1, -0.05) is 13.0 Å². The highest BCUT2D eigenvalue weighted by Gasteiger charge is 2.18. The van der Waals surface area contributed by atoms with Gasteiger partial charge in [0.15, 0.2) is 0 Å². The zero-order valence-corrected chi connectivity index (χ0v) is 9.14. The van der Waals surface area contributed by atoms with E-state index >= 15 is 0 Å². The van der Waals surface area contributed by atoms with Gasteiger partial charge in [-0.25, -0.2) is 17.5 Å². The smallest absolute Gasteiger partial charge is 0.240 e. The van der Waals surface area contributed by atoms with Crippen LogP contribution >= 0.6 is 0 Å². The summed E-state index contributed by atoms with van der Waals surface area (Å²) in [6.45, 7) is 1.76. The minimum atomic E-state index is -3.65.